The Balaban J connectivity index is 0.00000450. The van der Waals surface area contributed by atoms with Crippen LogP contribution >= 0.6 is 35.6 Å². The molecule has 0 aliphatic heterocycles. The predicted molar refractivity (Wildman–Crippen MR) is 130 cm³/mol. The highest BCUT2D eigenvalue weighted by Crippen LogP contribution is 2.19. The first kappa shape index (κ1) is 26.6. The van der Waals surface area contributed by atoms with Gasteiger partial charge < -0.3 is 24.6 Å². The Morgan fingerprint density at radius 1 is 1.13 bits per heavy atom. The number of halogens is 2. The Morgan fingerprint density at radius 3 is 2.67 bits per heavy atom. The summed E-state index contributed by atoms with van der Waals surface area (Å²) < 4.78 is 16.3. The van der Waals surface area contributed by atoms with E-state index < -0.39 is 0 Å². The summed E-state index contributed by atoms with van der Waals surface area (Å²) in [6.45, 7) is 8.39. The molecule has 0 saturated carbocycles. The first-order chi connectivity index (χ1) is 14.2. The fourth-order valence-corrected chi connectivity index (χ4v) is 2.55. The zero-order valence-electron chi connectivity index (χ0n) is 17.5. The number of hydrogen-bond acceptors (Lipinski definition) is 6. The van der Waals surface area contributed by atoms with Crippen LogP contribution in [0.3, 0.4) is 0 Å². The fourth-order valence-electron chi connectivity index (χ4n) is 2.36. The van der Waals surface area contributed by atoms with Crippen LogP contribution in [0.5, 0.6) is 0 Å². The van der Waals surface area contributed by atoms with Crippen molar-refractivity contribution in [3.63, 3.8) is 0 Å². The summed E-state index contributed by atoms with van der Waals surface area (Å²) in [4.78, 5) is 8.84. The molecule has 0 fully saturated rings. The normalized spacial score (nSPS) is 11.2. The van der Waals surface area contributed by atoms with Crippen molar-refractivity contribution in [2.75, 3.05) is 39.5 Å². The maximum atomic E-state index is 6.01. The Kier molecular flexibility index (Phi) is 14.4. The summed E-state index contributed by atoms with van der Waals surface area (Å²) >= 11 is 6.01. The highest BCUT2D eigenvalue weighted by molar-refractivity contribution is 14.0. The molecule has 8 nitrogen and oxygen atoms in total. The van der Waals surface area contributed by atoms with Crippen molar-refractivity contribution in [2.24, 2.45) is 4.99 Å². The number of benzene rings is 1. The maximum absolute atomic E-state index is 6.01. The molecule has 0 radical (unpaired) electrons. The van der Waals surface area contributed by atoms with Crippen LogP contribution in [0.2, 0.25) is 5.02 Å². The van der Waals surface area contributed by atoms with Gasteiger partial charge in [-0.3, -0.25) is 0 Å². The minimum absolute atomic E-state index is 0. The van der Waals surface area contributed by atoms with Gasteiger partial charge in [-0.1, -0.05) is 42.2 Å². The molecule has 0 aliphatic carbocycles. The monoisotopic (exact) mass is 551 g/mol. The summed E-state index contributed by atoms with van der Waals surface area (Å²) in [7, 11) is 0. The molecule has 2 aromatic rings. The minimum Gasteiger partial charge on any atom is -0.379 e. The van der Waals surface area contributed by atoms with E-state index in [2.05, 4.69) is 32.7 Å². The van der Waals surface area contributed by atoms with Crippen LogP contribution < -0.4 is 10.6 Å². The summed E-state index contributed by atoms with van der Waals surface area (Å²) in [6.07, 6.45) is 2.23. The van der Waals surface area contributed by atoms with Gasteiger partial charge >= 0.3 is 0 Å². The van der Waals surface area contributed by atoms with E-state index in [1.165, 1.54) is 0 Å². The van der Waals surface area contributed by atoms with Gasteiger partial charge in [-0.2, -0.15) is 4.98 Å². The number of nitrogens with one attached hydrogen (secondary N) is 2. The molecule has 2 rings (SSSR count). The summed E-state index contributed by atoms with van der Waals surface area (Å²) in [5.41, 5.74) is 0.803. The fraction of sp³-hybridized carbons (Fsp3) is 0.550. The van der Waals surface area contributed by atoms with Gasteiger partial charge in [0.25, 0.3) is 0 Å². The molecule has 1 heterocycles. The van der Waals surface area contributed by atoms with Crippen molar-refractivity contribution in [3.8, 4) is 11.4 Å². The number of rotatable bonds is 13. The zero-order chi connectivity index (χ0) is 20.7. The SMILES string of the molecule is CCCCOCCOCCNC(=NCc1nc(-c2cccc(Cl)c2)no1)NCC.I. The average Bonchev–Trinajstić information content (AvgIpc) is 3.20. The lowest BCUT2D eigenvalue weighted by Gasteiger charge is -2.11. The highest BCUT2D eigenvalue weighted by Gasteiger charge is 2.09. The van der Waals surface area contributed by atoms with Crippen molar-refractivity contribution in [2.45, 2.75) is 33.2 Å². The van der Waals surface area contributed by atoms with E-state index in [-0.39, 0.29) is 30.5 Å². The molecule has 10 heteroatoms. The van der Waals surface area contributed by atoms with Crippen LogP contribution in [0, 0.1) is 0 Å². The van der Waals surface area contributed by atoms with Gasteiger partial charge in [0.2, 0.25) is 11.7 Å². The molecule has 2 N–H and O–H groups in total. The van der Waals surface area contributed by atoms with Crippen molar-refractivity contribution in [1.29, 1.82) is 0 Å². The minimum atomic E-state index is 0. The molecule has 0 spiro atoms. The molecular formula is C20H31ClIN5O3. The lowest BCUT2D eigenvalue weighted by molar-refractivity contribution is 0.0487. The second kappa shape index (κ2) is 16.3. The van der Waals surface area contributed by atoms with Crippen LogP contribution in [0.1, 0.15) is 32.6 Å². The molecule has 0 atom stereocenters. The number of nitrogens with zero attached hydrogens (tertiary/aromatic N) is 3. The molecule has 1 aromatic carbocycles. The van der Waals surface area contributed by atoms with Gasteiger partial charge in [-0.25, -0.2) is 4.99 Å². The first-order valence-electron chi connectivity index (χ1n) is 9.99. The molecule has 0 aliphatic rings. The van der Waals surface area contributed by atoms with E-state index >= 15 is 0 Å². The standard InChI is InChI=1S/C20H30ClN5O3.HI/c1-3-5-10-27-12-13-28-11-9-23-20(22-4-2)24-15-18-25-19(26-29-18)16-7-6-8-17(21)14-16;/h6-8,14H,3-5,9-13,15H2,1-2H3,(H2,22,23,24);1H. The van der Waals surface area contributed by atoms with Crippen molar-refractivity contribution < 1.29 is 14.0 Å². The second-order valence-corrected chi connectivity index (χ2v) is 6.66. The Bertz CT molecular complexity index is 745. The van der Waals surface area contributed by atoms with Crippen LogP contribution in [-0.2, 0) is 16.0 Å². The first-order valence-corrected chi connectivity index (χ1v) is 10.4. The third-order valence-electron chi connectivity index (χ3n) is 3.82. The summed E-state index contributed by atoms with van der Waals surface area (Å²) in [5, 5.41) is 11.0. The molecule has 0 bridgehead atoms. The van der Waals surface area contributed by atoms with Crippen molar-refractivity contribution in [3.05, 3.63) is 35.2 Å². The van der Waals surface area contributed by atoms with E-state index in [0.29, 0.717) is 49.1 Å². The molecular weight excluding hydrogens is 521 g/mol. The number of aromatic nitrogens is 2. The van der Waals surface area contributed by atoms with Gasteiger partial charge in [0.15, 0.2) is 5.96 Å². The third-order valence-corrected chi connectivity index (χ3v) is 4.06. The van der Waals surface area contributed by atoms with Gasteiger partial charge in [-0.05, 0) is 25.5 Å². The number of guanidine groups is 1. The number of unbranched alkanes of at least 4 members (excludes halogenated alkanes) is 1. The Hall–Kier alpha value is -1.43. The molecule has 0 saturated heterocycles. The topological polar surface area (TPSA) is 93.8 Å². The van der Waals surface area contributed by atoms with Crippen LogP contribution in [0.4, 0.5) is 0 Å². The molecule has 30 heavy (non-hydrogen) atoms. The van der Waals surface area contributed by atoms with E-state index in [1.807, 2.05) is 19.1 Å². The average molecular weight is 552 g/mol. The van der Waals surface area contributed by atoms with Gasteiger partial charge in [0, 0.05) is 30.3 Å². The van der Waals surface area contributed by atoms with Gasteiger partial charge in [0.1, 0.15) is 6.54 Å². The van der Waals surface area contributed by atoms with Crippen molar-refractivity contribution in [1.82, 2.24) is 20.8 Å². The van der Waals surface area contributed by atoms with E-state index in [0.717, 1.165) is 31.6 Å². The number of ether oxygens (including phenoxy) is 2. The van der Waals surface area contributed by atoms with Gasteiger partial charge in [0.05, 0.1) is 19.8 Å². The second-order valence-electron chi connectivity index (χ2n) is 6.22. The van der Waals surface area contributed by atoms with Crippen LogP contribution in [0.15, 0.2) is 33.8 Å². The highest BCUT2D eigenvalue weighted by atomic mass is 127. The largest absolute Gasteiger partial charge is 0.379 e. The van der Waals surface area contributed by atoms with Crippen molar-refractivity contribution >= 4 is 41.5 Å². The molecule has 0 unspecified atom stereocenters. The van der Waals surface area contributed by atoms with E-state index in [9.17, 15) is 0 Å². The lowest BCUT2D eigenvalue weighted by Crippen LogP contribution is -2.39. The van der Waals surface area contributed by atoms with Crippen LogP contribution in [0.25, 0.3) is 11.4 Å². The molecule has 0 amide bonds. The Labute approximate surface area is 200 Å². The third kappa shape index (κ3) is 10.6. The smallest absolute Gasteiger partial charge is 0.248 e. The van der Waals surface area contributed by atoms with Crippen LogP contribution in [-0.4, -0.2) is 55.6 Å². The number of hydrogen-bond donors (Lipinski definition) is 2. The molecule has 168 valence electrons. The Morgan fingerprint density at radius 2 is 1.93 bits per heavy atom. The lowest BCUT2D eigenvalue weighted by atomic mass is 10.2. The van der Waals surface area contributed by atoms with Gasteiger partial charge in [-0.15, -0.1) is 24.0 Å². The summed E-state index contributed by atoms with van der Waals surface area (Å²) in [6, 6.07) is 7.32. The maximum Gasteiger partial charge on any atom is 0.248 e. The van der Waals surface area contributed by atoms with E-state index in [4.69, 9.17) is 25.6 Å². The summed E-state index contributed by atoms with van der Waals surface area (Å²) in [5.74, 6) is 1.58. The quantitative estimate of drug-likeness (QED) is 0.169. The zero-order valence-corrected chi connectivity index (χ0v) is 20.6. The number of aliphatic imine (C=N–C) groups is 1. The predicted octanol–water partition coefficient (Wildman–Crippen LogP) is 3.90. The molecule has 1 aromatic heterocycles. The van der Waals surface area contributed by atoms with E-state index in [1.54, 1.807) is 12.1 Å².